The number of piperazine rings is 1. The standard InChI is InChI=1S/C30H32N8O3/c1-20(39)28-25-17-23(5-8-26(25)34-35-28)33-30(41)22-9-12-36(18-22)19-27(40)38-15-13-37(14-16-38)24-6-3-21(4-7-24)29-31-10-2-11-32-29/h2-8,10-11,17,22H,9,12-16,18-19H2,1H3,(H,33,41)(H,34,35). The van der Waals surface area contributed by atoms with Crippen molar-refractivity contribution < 1.29 is 14.4 Å². The van der Waals surface area contributed by atoms with E-state index in [1.54, 1.807) is 36.7 Å². The number of nitrogens with one attached hydrogen (secondary N) is 2. The number of rotatable bonds is 7. The van der Waals surface area contributed by atoms with E-state index >= 15 is 0 Å². The van der Waals surface area contributed by atoms with Gasteiger partial charge >= 0.3 is 0 Å². The number of aromatic nitrogens is 4. The van der Waals surface area contributed by atoms with Gasteiger partial charge in [0.15, 0.2) is 11.6 Å². The summed E-state index contributed by atoms with van der Waals surface area (Å²) in [7, 11) is 0. The lowest BCUT2D eigenvalue weighted by molar-refractivity contribution is -0.132. The van der Waals surface area contributed by atoms with Crippen molar-refractivity contribution in [2.75, 3.05) is 56.0 Å². The number of Topliss-reactive ketones (excluding diaryl/α,β-unsaturated/α-hetero) is 1. The molecule has 2 aromatic heterocycles. The van der Waals surface area contributed by atoms with E-state index in [2.05, 4.69) is 47.4 Å². The third kappa shape index (κ3) is 5.80. The minimum absolute atomic E-state index is 0.0781. The Bertz CT molecular complexity index is 1560. The van der Waals surface area contributed by atoms with Gasteiger partial charge in [0, 0.05) is 74.4 Å². The molecule has 4 aromatic rings. The van der Waals surface area contributed by atoms with Crippen molar-refractivity contribution in [2.45, 2.75) is 13.3 Å². The minimum atomic E-state index is -0.198. The maximum Gasteiger partial charge on any atom is 0.236 e. The molecule has 2 N–H and O–H groups in total. The van der Waals surface area contributed by atoms with Gasteiger partial charge in [0.2, 0.25) is 11.8 Å². The molecule has 0 bridgehead atoms. The largest absolute Gasteiger partial charge is 0.368 e. The van der Waals surface area contributed by atoms with E-state index < -0.39 is 0 Å². The van der Waals surface area contributed by atoms with Crippen LogP contribution in [0.5, 0.6) is 0 Å². The Balaban J connectivity index is 0.975. The summed E-state index contributed by atoms with van der Waals surface area (Å²) in [6.07, 6.45) is 4.17. The molecule has 1 unspecified atom stereocenters. The Morgan fingerprint density at radius 1 is 0.976 bits per heavy atom. The van der Waals surface area contributed by atoms with E-state index in [0.29, 0.717) is 61.7 Å². The summed E-state index contributed by atoms with van der Waals surface area (Å²) >= 11 is 0. The van der Waals surface area contributed by atoms with Crippen LogP contribution in [0.25, 0.3) is 22.3 Å². The maximum atomic E-state index is 13.1. The molecule has 4 heterocycles. The molecule has 2 fully saturated rings. The highest BCUT2D eigenvalue weighted by Crippen LogP contribution is 2.24. The summed E-state index contributed by atoms with van der Waals surface area (Å²) in [5, 5.41) is 10.6. The first kappa shape index (κ1) is 26.6. The van der Waals surface area contributed by atoms with Crippen molar-refractivity contribution in [3.8, 4) is 11.4 Å². The molecule has 1 atom stereocenters. The third-order valence-corrected chi connectivity index (χ3v) is 7.85. The van der Waals surface area contributed by atoms with Gasteiger partial charge in [0.1, 0.15) is 5.69 Å². The summed E-state index contributed by atoms with van der Waals surface area (Å²) in [5.41, 5.74) is 3.83. The number of H-pyrrole nitrogens is 1. The quantitative estimate of drug-likeness (QED) is 0.335. The van der Waals surface area contributed by atoms with Crippen LogP contribution in [0.1, 0.15) is 23.8 Å². The van der Waals surface area contributed by atoms with E-state index in [0.717, 1.165) is 29.9 Å². The fraction of sp³-hybridized carbons (Fsp3) is 0.333. The SMILES string of the molecule is CC(=O)c1n[nH]c2ccc(NC(=O)C3CCN(CC(=O)N4CCN(c5ccc(-c6ncccn6)cc5)CC4)C3)cc12. The first-order chi connectivity index (χ1) is 19.9. The number of amides is 2. The zero-order valence-corrected chi connectivity index (χ0v) is 22.9. The average molecular weight is 553 g/mol. The highest BCUT2D eigenvalue weighted by Gasteiger charge is 2.31. The van der Waals surface area contributed by atoms with E-state index in [1.165, 1.54) is 6.92 Å². The number of carbonyl (C=O) groups is 3. The van der Waals surface area contributed by atoms with Crippen molar-refractivity contribution in [2.24, 2.45) is 5.92 Å². The van der Waals surface area contributed by atoms with Crippen LogP contribution < -0.4 is 10.2 Å². The number of carbonyl (C=O) groups excluding carboxylic acids is 3. The Morgan fingerprint density at radius 3 is 2.46 bits per heavy atom. The van der Waals surface area contributed by atoms with Crippen LogP contribution in [0.2, 0.25) is 0 Å². The van der Waals surface area contributed by atoms with E-state index in [1.807, 2.05) is 17.0 Å². The van der Waals surface area contributed by atoms with E-state index in [9.17, 15) is 14.4 Å². The zero-order chi connectivity index (χ0) is 28.3. The van der Waals surface area contributed by atoms with Gasteiger partial charge < -0.3 is 15.1 Å². The topological polar surface area (TPSA) is 127 Å². The van der Waals surface area contributed by atoms with Crippen LogP contribution in [0.4, 0.5) is 11.4 Å². The van der Waals surface area contributed by atoms with Gasteiger partial charge in [0.05, 0.1) is 18.0 Å². The van der Waals surface area contributed by atoms with Gasteiger partial charge in [-0.1, -0.05) is 0 Å². The predicted molar refractivity (Wildman–Crippen MR) is 156 cm³/mol. The van der Waals surface area contributed by atoms with Gasteiger partial charge in [0.25, 0.3) is 0 Å². The first-order valence-corrected chi connectivity index (χ1v) is 13.9. The van der Waals surface area contributed by atoms with Crippen LogP contribution in [-0.2, 0) is 9.59 Å². The van der Waals surface area contributed by atoms with Gasteiger partial charge in [-0.05, 0) is 61.5 Å². The fourth-order valence-corrected chi connectivity index (χ4v) is 5.57. The maximum absolute atomic E-state index is 13.1. The molecule has 6 rings (SSSR count). The van der Waals surface area contributed by atoms with Gasteiger partial charge in [-0.25, -0.2) is 9.97 Å². The van der Waals surface area contributed by atoms with Gasteiger partial charge in [-0.2, -0.15) is 5.10 Å². The van der Waals surface area contributed by atoms with Crippen molar-refractivity contribution in [1.82, 2.24) is 30.0 Å². The van der Waals surface area contributed by atoms with E-state index in [-0.39, 0.29) is 23.5 Å². The molecule has 210 valence electrons. The van der Waals surface area contributed by atoms with Crippen LogP contribution >= 0.6 is 0 Å². The summed E-state index contributed by atoms with van der Waals surface area (Å²) in [6.45, 7) is 5.90. The lowest BCUT2D eigenvalue weighted by Gasteiger charge is -2.36. The number of ketones is 1. The van der Waals surface area contributed by atoms with Crippen LogP contribution in [0, 0.1) is 5.92 Å². The van der Waals surface area contributed by atoms with Crippen LogP contribution in [0.3, 0.4) is 0 Å². The number of fused-ring (bicyclic) bond motifs is 1. The monoisotopic (exact) mass is 552 g/mol. The van der Waals surface area contributed by atoms with Crippen LogP contribution in [-0.4, -0.2) is 93.4 Å². The molecular formula is C30H32N8O3. The summed E-state index contributed by atoms with van der Waals surface area (Å²) < 4.78 is 0. The molecule has 2 aromatic carbocycles. The summed E-state index contributed by atoms with van der Waals surface area (Å²) in [5.74, 6) is 0.395. The number of aromatic amines is 1. The number of likely N-dealkylation sites (tertiary alicyclic amines) is 1. The average Bonchev–Trinajstić information content (AvgIpc) is 3.65. The normalized spacial score (nSPS) is 17.6. The minimum Gasteiger partial charge on any atom is -0.368 e. The second-order valence-electron chi connectivity index (χ2n) is 10.6. The molecule has 11 nitrogen and oxygen atoms in total. The molecule has 2 amide bonds. The van der Waals surface area contributed by atoms with Gasteiger partial charge in [-0.15, -0.1) is 0 Å². The second kappa shape index (κ2) is 11.5. The lowest BCUT2D eigenvalue weighted by Crippen LogP contribution is -2.51. The molecule has 2 aliphatic heterocycles. The van der Waals surface area contributed by atoms with Gasteiger partial charge in [-0.3, -0.25) is 24.4 Å². The number of hydrogen-bond donors (Lipinski definition) is 2. The summed E-state index contributed by atoms with van der Waals surface area (Å²) in [6, 6.07) is 15.4. The Labute approximate surface area is 237 Å². The Hall–Kier alpha value is -4.64. The summed E-state index contributed by atoms with van der Waals surface area (Å²) in [4.78, 5) is 52.8. The Kier molecular flexibility index (Phi) is 7.43. The molecule has 0 spiro atoms. The highest BCUT2D eigenvalue weighted by molar-refractivity contribution is 6.06. The van der Waals surface area contributed by atoms with Crippen molar-refractivity contribution >= 4 is 39.9 Å². The number of hydrogen-bond acceptors (Lipinski definition) is 8. The molecular weight excluding hydrogens is 520 g/mol. The zero-order valence-electron chi connectivity index (χ0n) is 22.9. The Morgan fingerprint density at radius 2 is 1.73 bits per heavy atom. The molecule has 0 radical (unpaired) electrons. The fourth-order valence-electron chi connectivity index (χ4n) is 5.57. The van der Waals surface area contributed by atoms with E-state index in [4.69, 9.17) is 0 Å². The molecule has 11 heteroatoms. The lowest BCUT2D eigenvalue weighted by atomic mass is 10.1. The molecule has 0 aliphatic carbocycles. The van der Waals surface area contributed by atoms with Crippen molar-refractivity contribution in [3.05, 3.63) is 66.6 Å². The molecule has 41 heavy (non-hydrogen) atoms. The molecule has 2 aliphatic rings. The number of anilines is 2. The predicted octanol–water partition coefficient (Wildman–Crippen LogP) is 2.83. The van der Waals surface area contributed by atoms with Crippen molar-refractivity contribution in [3.63, 3.8) is 0 Å². The molecule has 2 saturated heterocycles. The highest BCUT2D eigenvalue weighted by atomic mass is 16.2. The van der Waals surface area contributed by atoms with Crippen molar-refractivity contribution in [1.29, 1.82) is 0 Å². The first-order valence-electron chi connectivity index (χ1n) is 13.9. The smallest absolute Gasteiger partial charge is 0.236 e. The third-order valence-electron chi connectivity index (χ3n) is 7.85. The van der Waals surface area contributed by atoms with Crippen LogP contribution in [0.15, 0.2) is 60.9 Å². The number of benzene rings is 2. The number of nitrogens with zero attached hydrogens (tertiary/aromatic N) is 6. The molecule has 0 saturated carbocycles. The second-order valence-corrected chi connectivity index (χ2v) is 10.6.